The molecule has 2 heterocycles. The summed E-state index contributed by atoms with van der Waals surface area (Å²) < 4.78 is 0. The Morgan fingerprint density at radius 2 is 1.92 bits per heavy atom. The molecule has 1 saturated heterocycles. The molecule has 0 saturated carbocycles. The van der Waals surface area contributed by atoms with Gasteiger partial charge in [0.2, 0.25) is 0 Å². The number of nitrogens with two attached hydrogens (primary N) is 1. The fourth-order valence-electron chi connectivity index (χ4n) is 2.80. The Morgan fingerprint density at radius 1 is 1.12 bits per heavy atom. The Bertz CT molecular complexity index is 704. The zero-order valence-corrected chi connectivity index (χ0v) is 14.3. The van der Waals surface area contributed by atoms with Gasteiger partial charge in [-0.2, -0.15) is 0 Å². The van der Waals surface area contributed by atoms with Gasteiger partial charge in [-0.25, -0.2) is 4.98 Å². The highest BCUT2D eigenvalue weighted by Gasteiger charge is 2.12. The molecule has 1 aliphatic rings. The third kappa shape index (κ3) is 5.08. The van der Waals surface area contributed by atoms with Crippen molar-refractivity contribution in [2.75, 3.05) is 24.6 Å². The van der Waals surface area contributed by atoms with Gasteiger partial charge < -0.3 is 15.5 Å². The maximum Gasteiger partial charge on any atom is 0.171 e. The second kappa shape index (κ2) is 8.87. The van der Waals surface area contributed by atoms with E-state index in [1.807, 2.05) is 54.6 Å². The number of anilines is 1. The van der Waals surface area contributed by atoms with Crippen LogP contribution in [-0.4, -0.2) is 30.5 Å². The number of nitrogens with zero attached hydrogens (tertiary/aromatic N) is 3. The van der Waals surface area contributed by atoms with Gasteiger partial charge in [-0.05, 0) is 43.0 Å². The van der Waals surface area contributed by atoms with Gasteiger partial charge in [-0.15, -0.1) is 0 Å². The summed E-state index contributed by atoms with van der Waals surface area (Å²) in [5.74, 6) is 1.34. The van der Waals surface area contributed by atoms with Crippen molar-refractivity contribution in [3.05, 3.63) is 65.9 Å². The van der Waals surface area contributed by atoms with Crippen LogP contribution in [0.15, 0.2) is 59.9 Å². The Labute approximate surface area is 148 Å². The molecule has 0 unspecified atom stereocenters. The number of piperidine rings is 1. The van der Waals surface area contributed by atoms with E-state index in [-0.39, 0.29) is 0 Å². The van der Waals surface area contributed by atoms with Gasteiger partial charge in [0.15, 0.2) is 5.84 Å². The van der Waals surface area contributed by atoms with Gasteiger partial charge in [-0.1, -0.05) is 41.6 Å². The second-order valence-electron chi connectivity index (χ2n) is 6.04. The summed E-state index contributed by atoms with van der Waals surface area (Å²) in [7, 11) is 0. The third-order valence-corrected chi connectivity index (χ3v) is 4.17. The maximum absolute atomic E-state index is 5.96. The van der Waals surface area contributed by atoms with Crippen molar-refractivity contribution < 1.29 is 4.84 Å². The number of benzene rings is 1. The first kappa shape index (κ1) is 17.0. The summed E-state index contributed by atoms with van der Waals surface area (Å²) in [6.07, 6.45) is 9.43. The normalized spacial score (nSPS) is 15.5. The van der Waals surface area contributed by atoms with Gasteiger partial charge in [0.05, 0.1) is 0 Å². The number of aromatic nitrogens is 1. The Morgan fingerprint density at radius 3 is 2.64 bits per heavy atom. The number of amidine groups is 1. The highest BCUT2D eigenvalue weighted by atomic mass is 16.6. The molecule has 0 bridgehead atoms. The van der Waals surface area contributed by atoms with E-state index >= 15 is 0 Å². The number of oxime groups is 1. The Hall–Kier alpha value is -2.82. The quantitative estimate of drug-likeness (QED) is 0.380. The molecule has 130 valence electrons. The van der Waals surface area contributed by atoms with Crippen molar-refractivity contribution >= 4 is 17.7 Å². The predicted molar refractivity (Wildman–Crippen MR) is 102 cm³/mol. The lowest BCUT2D eigenvalue weighted by Crippen LogP contribution is -2.30. The zero-order valence-electron chi connectivity index (χ0n) is 14.3. The number of rotatable bonds is 6. The summed E-state index contributed by atoms with van der Waals surface area (Å²) in [5.41, 5.74) is 7.86. The Kier molecular flexibility index (Phi) is 6.04. The molecule has 1 aliphatic heterocycles. The average molecular weight is 336 g/mol. The number of hydrogen-bond donors (Lipinski definition) is 1. The molecule has 5 nitrogen and oxygen atoms in total. The van der Waals surface area contributed by atoms with Crippen LogP contribution < -0.4 is 10.6 Å². The van der Waals surface area contributed by atoms with E-state index in [0.717, 1.165) is 30.0 Å². The van der Waals surface area contributed by atoms with Crippen molar-refractivity contribution in [1.82, 2.24) is 4.98 Å². The van der Waals surface area contributed by atoms with E-state index in [2.05, 4.69) is 15.0 Å². The lowest BCUT2D eigenvalue weighted by Gasteiger charge is -2.27. The molecule has 0 spiro atoms. The SMILES string of the molecule is N/C(=N/OC/C=C\c1ccccc1)c1ccc(N2CCCCC2)nc1. The molecule has 0 aliphatic carbocycles. The minimum Gasteiger partial charge on any atom is -0.390 e. The number of hydrogen-bond acceptors (Lipinski definition) is 4. The van der Waals surface area contributed by atoms with Crippen LogP contribution in [0.3, 0.4) is 0 Å². The minimum absolute atomic E-state index is 0.339. The predicted octanol–water partition coefficient (Wildman–Crippen LogP) is 3.42. The van der Waals surface area contributed by atoms with Gasteiger partial charge in [0.1, 0.15) is 12.4 Å². The van der Waals surface area contributed by atoms with Crippen molar-refractivity contribution in [2.45, 2.75) is 19.3 Å². The second-order valence-corrected chi connectivity index (χ2v) is 6.04. The van der Waals surface area contributed by atoms with Crippen molar-refractivity contribution in [3.8, 4) is 0 Å². The van der Waals surface area contributed by atoms with Crippen LogP contribution in [0.5, 0.6) is 0 Å². The van der Waals surface area contributed by atoms with E-state index in [1.165, 1.54) is 19.3 Å². The molecule has 0 amide bonds. The van der Waals surface area contributed by atoms with Crippen molar-refractivity contribution in [1.29, 1.82) is 0 Å². The van der Waals surface area contributed by atoms with E-state index in [4.69, 9.17) is 10.6 Å². The number of pyridine rings is 1. The van der Waals surface area contributed by atoms with E-state index in [9.17, 15) is 0 Å². The first-order chi connectivity index (χ1) is 12.3. The molecule has 0 atom stereocenters. The molecular formula is C20H24N4O. The molecule has 2 aromatic rings. The third-order valence-electron chi connectivity index (χ3n) is 4.17. The molecule has 0 radical (unpaired) electrons. The maximum atomic E-state index is 5.96. The van der Waals surface area contributed by atoms with E-state index in [0.29, 0.717) is 12.4 Å². The highest BCUT2D eigenvalue weighted by molar-refractivity contribution is 5.96. The summed E-state index contributed by atoms with van der Waals surface area (Å²) in [6, 6.07) is 14.0. The smallest absolute Gasteiger partial charge is 0.171 e. The molecule has 25 heavy (non-hydrogen) atoms. The largest absolute Gasteiger partial charge is 0.390 e. The topological polar surface area (TPSA) is 63.7 Å². The van der Waals surface area contributed by atoms with Gasteiger partial charge in [0.25, 0.3) is 0 Å². The standard InChI is InChI=1S/C20H24N4O/c21-20(23-25-15-7-10-17-8-3-1-4-9-17)18-11-12-19(22-16-18)24-13-5-2-6-14-24/h1,3-4,7-12,16H,2,5-6,13-15H2,(H2,21,23)/b10-7-. The van der Waals surface area contributed by atoms with Crippen LogP contribution in [0.25, 0.3) is 6.08 Å². The summed E-state index contributed by atoms with van der Waals surface area (Å²) in [6.45, 7) is 2.52. The lowest BCUT2D eigenvalue weighted by molar-refractivity contribution is 0.175. The van der Waals surface area contributed by atoms with Crippen LogP contribution >= 0.6 is 0 Å². The first-order valence-electron chi connectivity index (χ1n) is 8.71. The monoisotopic (exact) mass is 336 g/mol. The first-order valence-corrected chi connectivity index (χ1v) is 8.71. The van der Waals surface area contributed by atoms with Crippen molar-refractivity contribution in [3.63, 3.8) is 0 Å². The zero-order chi connectivity index (χ0) is 17.3. The fraction of sp³-hybridized carbons (Fsp3) is 0.300. The summed E-state index contributed by atoms with van der Waals surface area (Å²) in [4.78, 5) is 12.1. The van der Waals surface area contributed by atoms with Gasteiger partial charge in [0, 0.05) is 24.8 Å². The average Bonchev–Trinajstić information content (AvgIpc) is 2.69. The van der Waals surface area contributed by atoms with Crippen molar-refractivity contribution in [2.24, 2.45) is 10.9 Å². The van der Waals surface area contributed by atoms with E-state index < -0.39 is 0 Å². The molecule has 1 fully saturated rings. The molecule has 1 aromatic heterocycles. The van der Waals surface area contributed by atoms with Gasteiger partial charge in [-0.3, -0.25) is 0 Å². The van der Waals surface area contributed by atoms with E-state index in [1.54, 1.807) is 6.20 Å². The Balaban J connectivity index is 1.50. The van der Waals surface area contributed by atoms with Crippen LogP contribution in [0, 0.1) is 0 Å². The van der Waals surface area contributed by atoms with Crippen LogP contribution in [0.2, 0.25) is 0 Å². The van der Waals surface area contributed by atoms with Gasteiger partial charge >= 0.3 is 0 Å². The van der Waals surface area contributed by atoms with Crippen LogP contribution in [0.4, 0.5) is 5.82 Å². The fourth-order valence-corrected chi connectivity index (χ4v) is 2.80. The van der Waals surface area contributed by atoms with Crippen LogP contribution in [0.1, 0.15) is 30.4 Å². The van der Waals surface area contributed by atoms with Crippen LogP contribution in [-0.2, 0) is 4.84 Å². The lowest BCUT2D eigenvalue weighted by atomic mass is 10.1. The molecular weight excluding hydrogens is 312 g/mol. The summed E-state index contributed by atoms with van der Waals surface area (Å²) >= 11 is 0. The minimum atomic E-state index is 0.339. The molecule has 5 heteroatoms. The highest BCUT2D eigenvalue weighted by Crippen LogP contribution is 2.17. The molecule has 1 aromatic carbocycles. The summed E-state index contributed by atoms with van der Waals surface area (Å²) in [5, 5.41) is 3.96. The molecule has 3 rings (SSSR count). The molecule has 2 N–H and O–H groups in total.